The Bertz CT molecular complexity index is 229. The fourth-order valence-corrected chi connectivity index (χ4v) is 2.48. The second-order valence-electron chi connectivity index (χ2n) is 3.70. The van der Waals surface area contributed by atoms with Gasteiger partial charge in [-0.05, 0) is 38.5 Å². The third-order valence-corrected chi connectivity index (χ3v) is 3.14. The smallest absolute Gasteiger partial charge is 0.0520 e. The summed E-state index contributed by atoms with van der Waals surface area (Å²) in [5.41, 5.74) is 1.80. The summed E-state index contributed by atoms with van der Waals surface area (Å²) in [6.45, 7) is 0. The minimum absolute atomic E-state index is 0.220. The third kappa shape index (κ3) is 0.913. The molecule has 1 atom stereocenters. The van der Waals surface area contributed by atoms with E-state index in [2.05, 4.69) is 12.0 Å². The lowest BCUT2D eigenvalue weighted by atomic mass is 9.75. The fraction of sp³-hybridized carbons (Fsp3) is 0.636. The van der Waals surface area contributed by atoms with Gasteiger partial charge in [0, 0.05) is 0 Å². The Balaban J connectivity index is 2.36. The second-order valence-corrected chi connectivity index (χ2v) is 3.70. The van der Waals surface area contributed by atoms with Gasteiger partial charge in [0.25, 0.3) is 0 Å². The molecule has 0 heterocycles. The summed E-state index contributed by atoms with van der Waals surface area (Å²) in [6.07, 6.45) is 15.6. The SMILES string of the molecule is C#CC12CCCC=C1CCC2. The molecule has 1 fully saturated rings. The van der Waals surface area contributed by atoms with Gasteiger partial charge in [0.1, 0.15) is 0 Å². The molecule has 1 saturated carbocycles. The lowest BCUT2D eigenvalue weighted by Gasteiger charge is -2.28. The van der Waals surface area contributed by atoms with Gasteiger partial charge in [-0.3, -0.25) is 0 Å². The van der Waals surface area contributed by atoms with Crippen molar-refractivity contribution in [3.05, 3.63) is 11.6 Å². The highest BCUT2D eigenvalue weighted by Crippen LogP contribution is 2.48. The Labute approximate surface area is 68.7 Å². The summed E-state index contributed by atoms with van der Waals surface area (Å²) in [5, 5.41) is 0. The van der Waals surface area contributed by atoms with E-state index in [-0.39, 0.29) is 5.41 Å². The summed E-state index contributed by atoms with van der Waals surface area (Å²) in [7, 11) is 0. The average molecular weight is 146 g/mol. The Morgan fingerprint density at radius 3 is 2.91 bits per heavy atom. The zero-order chi connectivity index (χ0) is 7.73. The zero-order valence-electron chi connectivity index (χ0n) is 6.90. The number of fused-ring (bicyclic) bond motifs is 1. The minimum atomic E-state index is 0.220. The Morgan fingerprint density at radius 2 is 2.18 bits per heavy atom. The van der Waals surface area contributed by atoms with Crippen molar-refractivity contribution in [2.24, 2.45) is 5.41 Å². The van der Waals surface area contributed by atoms with E-state index >= 15 is 0 Å². The van der Waals surface area contributed by atoms with Crippen molar-refractivity contribution >= 4 is 0 Å². The molecule has 0 nitrogen and oxygen atoms in total. The zero-order valence-corrected chi connectivity index (χ0v) is 6.90. The van der Waals surface area contributed by atoms with E-state index in [1.807, 2.05) is 0 Å². The standard InChI is InChI=1S/C11H14/c1-2-11-8-4-3-6-10(11)7-5-9-11/h1,6H,3-5,7-9H2. The van der Waals surface area contributed by atoms with Crippen LogP contribution in [0.2, 0.25) is 0 Å². The Kier molecular flexibility index (Phi) is 1.53. The molecule has 0 aromatic rings. The van der Waals surface area contributed by atoms with Gasteiger partial charge in [-0.25, -0.2) is 0 Å². The van der Waals surface area contributed by atoms with Crippen LogP contribution in [0.3, 0.4) is 0 Å². The molecular weight excluding hydrogens is 132 g/mol. The first kappa shape index (κ1) is 6.98. The van der Waals surface area contributed by atoms with Crippen LogP contribution < -0.4 is 0 Å². The van der Waals surface area contributed by atoms with E-state index in [1.54, 1.807) is 5.57 Å². The maximum Gasteiger partial charge on any atom is 0.0520 e. The lowest BCUT2D eigenvalue weighted by Crippen LogP contribution is -2.18. The molecule has 0 bridgehead atoms. The van der Waals surface area contributed by atoms with Crippen molar-refractivity contribution in [2.75, 3.05) is 0 Å². The fourth-order valence-electron chi connectivity index (χ4n) is 2.48. The maximum absolute atomic E-state index is 5.59. The highest BCUT2D eigenvalue weighted by atomic mass is 14.4. The van der Waals surface area contributed by atoms with Crippen molar-refractivity contribution < 1.29 is 0 Å². The molecule has 2 rings (SSSR count). The summed E-state index contributed by atoms with van der Waals surface area (Å²) in [6, 6.07) is 0. The second kappa shape index (κ2) is 2.41. The molecule has 1 unspecified atom stereocenters. The van der Waals surface area contributed by atoms with Gasteiger partial charge in [0.15, 0.2) is 0 Å². The summed E-state index contributed by atoms with van der Waals surface area (Å²) in [5.74, 6) is 3.01. The first-order chi connectivity index (χ1) is 5.37. The average Bonchev–Trinajstić information content (AvgIpc) is 2.48. The first-order valence-electron chi connectivity index (χ1n) is 4.55. The number of allylic oxidation sites excluding steroid dienone is 2. The minimum Gasteiger partial charge on any atom is -0.119 e. The van der Waals surface area contributed by atoms with Gasteiger partial charge in [0.05, 0.1) is 5.41 Å². The third-order valence-electron chi connectivity index (χ3n) is 3.14. The molecule has 0 spiro atoms. The molecule has 11 heavy (non-hydrogen) atoms. The molecule has 0 heteroatoms. The molecule has 2 aliphatic rings. The monoisotopic (exact) mass is 146 g/mol. The highest BCUT2D eigenvalue weighted by molar-refractivity contribution is 5.31. The van der Waals surface area contributed by atoms with E-state index in [1.165, 1.54) is 38.5 Å². The molecule has 0 saturated heterocycles. The molecule has 0 aromatic heterocycles. The molecule has 0 N–H and O–H groups in total. The van der Waals surface area contributed by atoms with Crippen LogP contribution in [-0.4, -0.2) is 0 Å². The maximum atomic E-state index is 5.59. The van der Waals surface area contributed by atoms with Crippen LogP contribution in [0.1, 0.15) is 38.5 Å². The van der Waals surface area contributed by atoms with Gasteiger partial charge < -0.3 is 0 Å². The lowest BCUT2D eigenvalue weighted by molar-refractivity contribution is 0.420. The summed E-state index contributed by atoms with van der Waals surface area (Å²) in [4.78, 5) is 0. The summed E-state index contributed by atoms with van der Waals surface area (Å²) < 4.78 is 0. The molecule has 0 radical (unpaired) electrons. The van der Waals surface area contributed by atoms with E-state index < -0.39 is 0 Å². The molecule has 0 aromatic carbocycles. The number of terminal acetylenes is 1. The van der Waals surface area contributed by atoms with Crippen molar-refractivity contribution in [2.45, 2.75) is 38.5 Å². The van der Waals surface area contributed by atoms with Crippen molar-refractivity contribution in [3.8, 4) is 12.3 Å². The molecular formula is C11H14. The van der Waals surface area contributed by atoms with Crippen LogP contribution in [-0.2, 0) is 0 Å². The van der Waals surface area contributed by atoms with Gasteiger partial charge in [0.2, 0.25) is 0 Å². The van der Waals surface area contributed by atoms with Gasteiger partial charge >= 0.3 is 0 Å². The first-order valence-corrected chi connectivity index (χ1v) is 4.55. The van der Waals surface area contributed by atoms with Gasteiger partial charge in [-0.15, -0.1) is 6.42 Å². The quantitative estimate of drug-likeness (QED) is 0.364. The van der Waals surface area contributed by atoms with Crippen LogP contribution in [0.4, 0.5) is 0 Å². The predicted molar refractivity (Wildman–Crippen MR) is 47.1 cm³/mol. The number of hydrogen-bond acceptors (Lipinski definition) is 0. The largest absolute Gasteiger partial charge is 0.119 e. The van der Waals surface area contributed by atoms with Crippen LogP contribution >= 0.6 is 0 Å². The van der Waals surface area contributed by atoms with Crippen LogP contribution in [0, 0.1) is 17.8 Å². The van der Waals surface area contributed by atoms with Gasteiger partial charge in [-0.1, -0.05) is 17.6 Å². The van der Waals surface area contributed by atoms with E-state index in [0.29, 0.717) is 0 Å². The number of hydrogen-bond donors (Lipinski definition) is 0. The van der Waals surface area contributed by atoms with Crippen molar-refractivity contribution in [3.63, 3.8) is 0 Å². The normalized spacial score (nSPS) is 35.7. The van der Waals surface area contributed by atoms with Crippen LogP contribution in [0.15, 0.2) is 11.6 Å². The van der Waals surface area contributed by atoms with E-state index in [4.69, 9.17) is 6.42 Å². The van der Waals surface area contributed by atoms with Crippen LogP contribution in [0.25, 0.3) is 0 Å². The topological polar surface area (TPSA) is 0 Å². The molecule has 0 aliphatic heterocycles. The van der Waals surface area contributed by atoms with E-state index in [0.717, 1.165) is 0 Å². The van der Waals surface area contributed by atoms with Gasteiger partial charge in [-0.2, -0.15) is 0 Å². The van der Waals surface area contributed by atoms with E-state index in [9.17, 15) is 0 Å². The Hall–Kier alpha value is -0.700. The van der Waals surface area contributed by atoms with Crippen molar-refractivity contribution in [1.29, 1.82) is 0 Å². The Morgan fingerprint density at radius 1 is 1.36 bits per heavy atom. The van der Waals surface area contributed by atoms with Crippen molar-refractivity contribution in [1.82, 2.24) is 0 Å². The van der Waals surface area contributed by atoms with Crippen LogP contribution in [0.5, 0.6) is 0 Å². The predicted octanol–water partition coefficient (Wildman–Crippen LogP) is 2.90. The molecule has 58 valence electrons. The number of rotatable bonds is 0. The molecule has 0 amide bonds. The highest BCUT2D eigenvalue weighted by Gasteiger charge is 2.37. The summed E-state index contributed by atoms with van der Waals surface area (Å²) >= 11 is 0. The molecule has 2 aliphatic carbocycles.